The minimum Gasteiger partial charge on any atom is -0.494 e. The maximum Gasteiger partial charge on any atom is 0.123 e. The van der Waals surface area contributed by atoms with Crippen molar-refractivity contribution in [3.8, 4) is 5.75 Å². The second kappa shape index (κ2) is 23.4. The van der Waals surface area contributed by atoms with E-state index >= 15 is 0 Å². The molecule has 0 saturated heterocycles. The summed E-state index contributed by atoms with van der Waals surface area (Å²) < 4.78 is 18.1. The second-order valence-electron chi connectivity index (χ2n) is 6.81. The second-order valence-corrected chi connectivity index (χ2v) is 6.81. The molecule has 0 aromatic heterocycles. The van der Waals surface area contributed by atoms with E-state index in [1.165, 1.54) is 61.8 Å². The number of hydrogen-bond acceptors (Lipinski definition) is 1. The molecule has 0 amide bonds. The van der Waals surface area contributed by atoms with E-state index in [1.54, 1.807) is 0 Å². The molecule has 0 atom stereocenters. The molecule has 0 heterocycles. The molecule has 0 aliphatic heterocycles. The average molecular weight is 419 g/mol. The van der Waals surface area contributed by atoms with Crippen molar-refractivity contribution < 1.29 is 9.13 Å². The molecule has 30 heavy (non-hydrogen) atoms. The van der Waals surface area contributed by atoms with Gasteiger partial charge in [0.2, 0.25) is 0 Å². The van der Waals surface area contributed by atoms with Gasteiger partial charge in [0, 0.05) is 0 Å². The highest BCUT2D eigenvalue weighted by Gasteiger charge is 1.94. The van der Waals surface area contributed by atoms with E-state index in [1.807, 2.05) is 52.0 Å². The third-order valence-corrected chi connectivity index (χ3v) is 4.24. The lowest BCUT2D eigenvalue weighted by atomic mass is 10.1. The van der Waals surface area contributed by atoms with Crippen LogP contribution in [0.3, 0.4) is 0 Å². The summed E-state index contributed by atoms with van der Waals surface area (Å²) in [6, 6.07) is 15.0. The molecular formula is C28H47FO. The van der Waals surface area contributed by atoms with Crippen molar-refractivity contribution in [2.24, 2.45) is 0 Å². The zero-order chi connectivity index (χ0) is 23.0. The molecular weight excluding hydrogens is 371 g/mol. The van der Waals surface area contributed by atoms with Gasteiger partial charge in [0.1, 0.15) is 11.6 Å². The summed E-state index contributed by atoms with van der Waals surface area (Å²) in [5.74, 6) is 0.855. The van der Waals surface area contributed by atoms with Gasteiger partial charge in [-0.1, -0.05) is 97.9 Å². The molecule has 0 saturated carbocycles. The summed E-state index contributed by atoms with van der Waals surface area (Å²) in [6.45, 7) is 15.3. The van der Waals surface area contributed by atoms with E-state index in [2.05, 4.69) is 32.9 Å². The Balaban J connectivity index is 0. The SMILES string of the molecule is CC.CC.CCCCCCc1ccc(F)cc1.CCCCCOc1cccc(C)c1. The molecule has 0 radical (unpaired) electrons. The zero-order valence-electron chi connectivity index (χ0n) is 20.8. The van der Waals surface area contributed by atoms with Gasteiger partial charge in [0.05, 0.1) is 6.61 Å². The van der Waals surface area contributed by atoms with Crippen LogP contribution < -0.4 is 4.74 Å². The van der Waals surface area contributed by atoms with E-state index in [0.29, 0.717) is 0 Å². The fraction of sp³-hybridized carbons (Fsp3) is 0.571. The van der Waals surface area contributed by atoms with Gasteiger partial charge in [-0.05, 0) is 61.6 Å². The van der Waals surface area contributed by atoms with Crippen LogP contribution in [0.2, 0.25) is 0 Å². The van der Waals surface area contributed by atoms with Crippen LogP contribution in [0.4, 0.5) is 4.39 Å². The van der Waals surface area contributed by atoms with Gasteiger partial charge >= 0.3 is 0 Å². The monoisotopic (exact) mass is 418 g/mol. The zero-order valence-corrected chi connectivity index (χ0v) is 20.8. The molecule has 0 fully saturated rings. The van der Waals surface area contributed by atoms with Crippen LogP contribution in [0.1, 0.15) is 97.6 Å². The Labute approximate surface area is 187 Å². The lowest BCUT2D eigenvalue weighted by Gasteiger charge is -2.05. The highest BCUT2D eigenvalue weighted by atomic mass is 19.1. The van der Waals surface area contributed by atoms with Crippen LogP contribution in [0.25, 0.3) is 0 Å². The highest BCUT2D eigenvalue weighted by Crippen LogP contribution is 2.12. The summed E-state index contributed by atoms with van der Waals surface area (Å²) in [7, 11) is 0. The van der Waals surface area contributed by atoms with Crippen molar-refractivity contribution in [1.29, 1.82) is 0 Å². The fourth-order valence-electron chi connectivity index (χ4n) is 2.65. The number of hydrogen-bond donors (Lipinski definition) is 0. The Morgan fingerprint density at radius 2 is 1.33 bits per heavy atom. The van der Waals surface area contributed by atoms with Gasteiger partial charge in [-0.3, -0.25) is 0 Å². The quantitative estimate of drug-likeness (QED) is 0.349. The summed E-state index contributed by atoms with van der Waals surface area (Å²) in [6.07, 6.45) is 9.83. The minimum atomic E-state index is -0.141. The van der Waals surface area contributed by atoms with Crippen molar-refractivity contribution in [3.05, 3.63) is 65.5 Å². The maximum absolute atomic E-state index is 12.5. The van der Waals surface area contributed by atoms with E-state index in [-0.39, 0.29) is 5.82 Å². The lowest BCUT2D eigenvalue weighted by Crippen LogP contribution is -1.96. The number of ether oxygens (including phenoxy) is 1. The first-order chi connectivity index (χ1) is 14.7. The number of aryl methyl sites for hydroxylation is 2. The topological polar surface area (TPSA) is 9.23 Å². The highest BCUT2D eigenvalue weighted by molar-refractivity contribution is 5.27. The summed E-state index contributed by atoms with van der Waals surface area (Å²) in [5.41, 5.74) is 2.51. The summed E-state index contributed by atoms with van der Waals surface area (Å²) in [5, 5.41) is 0. The van der Waals surface area contributed by atoms with Crippen LogP contribution in [-0.2, 0) is 6.42 Å². The first kappa shape index (κ1) is 30.4. The predicted octanol–water partition coefficient (Wildman–Crippen LogP) is 9.56. The van der Waals surface area contributed by atoms with Crippen LogP contribution >= 0.6 is 0 Å². The van der Waals surface area contributed by atoms with Crippen LogP contribution in [-0.4, -0.2) is 6.61 Å². The van der Waals surface area contributed by atoms with Crippen molar-refractivity contribution in [2.75, 3.05) is 6.61 Å². The fourth-order valence-corrected chi connectivity index (χ4v) is 2.65. The Morgan fingerprint density at radius 3 is 1.90 bits per heavy atom. The number of halogens is 1. The molecule has 0 aliphatic carbocycles. The molecule has 2 aromatic carbocycles. The van der Waals surface area contributed by atoms with Crippen molar-refractivity contribution >= 4 is 0 Å². The Morgan fingerprint density at radius 1 is 0.733 bits per heavy atom. The third kappa shape index (κ3) is 18.2. The van der Waals surface area contributed by atoms with Gasteiger partial charge in [0.25, 0.3) is 0 Å². The minimum absolute atomic E-state index is 0.141. The van der Waals surface area contributed by atoms with Crippen molar-refractivity contribution in [3.63, 3.8) is 0 Å². The maximum atomic E-state index is 12.5. The largest absolute Gasteiger partial charge is 0.494 e. The van der Waals surface area contributed by atoms with E-state index in [9.17, 15) is 4.39 Å². The summed E-state index contributed by atoms with van der Waals surface area (Å²) >= 11 is 0. The van der Waals surface area contributed by atoms with Gasteiger partial charge < -0.3 is 4.74 Å². The Hall–Kier alpha value is -1.83. The Bertz CT molecular complexity index is 577. The predicted molar refractivity (Wildman–Crippen MR) is 133 cm³/mol. The van der Waals surface area contributed by atoms with Crippen LogP contribution in [0.5, 0.6) is 5.75 Å². The van der Waals surface area contributed by atoms with Crippen molar-refractivity contribution in [2.45, 2.75) is 99.8 Å². The van der Waals surface area contributed by atoms with Gasteiger partial charge in [-0.15, -0.1) is 0 Å². The number of rotatable bonds is 10. The van der Waals surface area contributed by atoms with Crippen LogP contribution in [0, 0.1) is 12.7 Å². The number of benzene rings is 2. The molecule has 0 spiro atoms. The van der Waals surface area contributed by atoms with Gasteiger partial charge in [-0.25, -0.2) is 4.39 Å². The molecule has 0 N–H and O–H groups in total. The Kier molecular flexibility index (Phi) is 23.7. The normalized spacial score (nSPS) is 9.20. The smallest absolute Gasteiger partial charge is 0.123 e. The summed E-state index contributed by atoms with van der Waals surface area (Å²) in [4.78, 5) is 0. The van der Waals surface area contributed by atoms with Gasteiger partial charge in [-0.2, -0.15) is 0 Å². The standard InChI is InChI=1S/C12H17F.C12H18O.2C2H6/c1-2-3-4-5-6-11-7-9-12(13)10-8-11;1-3-4-5-9-13-12-8-6-7-11(2)10-12;2*1-2/h7-10H,2-6H2,1H3;6-8,10H,3-5,9H2,1-2H3;2*1-2H3. The first-order valence-electron chi connectivity index (χ1n) is 12.1. The first-order valence-corrected chi connectivity index (χ1v) is 12.1. The molecule has 0 unspecified atom stereocenters. The molecule has 2 rings (SSSR count). The van der Waals surface area contributed by atoms with E-state index < -0.39 is 0 Å². The van der Waals surface area contributed by atoms with Crippen LogP contribution in [0.15, 0.2) is 48.5 Å². The number of unbranched alkanes of at least 4 members (excludes halogenated alkanes) is 5. The molecule has 172 valence electrons. The van der Waals surface area contributed by atoms with E-state index in [0.717, 1.165) is 25.2 Å². The molecule has 2 aromatic rings. The van der Waals surface area contributed by atoms with E-state index in [4.69, 9.17) is 4.74 Å². The molecule has 0 aliphatic rings. The molecule has 0 bridgehead atoms. The average Bonchev–Trinajstić information content (AvgIpc) is 2.79. The molecule has 1 nitrogen and oxygen atoms in total. The lowest BCUT2D eigenvalue weighted by molar-refractivity contribution is 0.306. The third-order valence-electron chi connectivity index (χ3n) is 4.24. The molecule has 2 heteroatoms. The van der Waals surface area contributed by atoms with Gasteiger partial charge in [0.15, 0.2) is 0 Å². The van der Waals surface area contributed by atoms with Crippen molar-refractivity contribution in [1.82, 2.24) is 0 Å².